The van der Waals surface area contributed by atoms with Gasteiger partial charge in [-0.2, -0.15) is 0 Å². The predicted octanol–water partition coefficient (Wildman–Crippen LogP) is 2.59. The van der Waals surface area contributed by atoms with Gasteiger partial charge in [0.25, 0.3) is 0 Å². The van der Waals surface area contributed by atoms with Crippen LogP contribution in [0.4, 0.5) is 0 Å². The van der Waals surface area contributed by atoms with Crippen LogP contribution < -0.4 is 9.47 Å². The van der Waals surface area contributed by atoms with Crippen molar-refractivity contribution in [2.24, 2.45) is 5.92 Å². The highest BCUT2D eigenvalue weighted by Crippen LogP contribution is 2.34. The molecule has 0 radical (unpaired) electrons. The number of ether oxygens (including phenoxy) is 4. The zero-order chi connectivity index (χ0) is 16.8. The average Bonchev–Trinajstić information content (AvgIpc) is 3.11. The van der Waals surface area contributed by atoms with Gasteiger partial charge in [-0.05, 0) is 25.0 Å². The Morgan fingerprint density at radius 3 is 2.79 bits per heavy atom. The molecule has 0 aromatic heterocycles. The number of para-hydroxylation sites is 2. The molecule has 1 aromatic rings. The van der Waals surface area contributed by atoms with Crippen LogP contribution in [0.5, 0.6) is 11.5 Å². The molecule has 1 aliphatic heterocycles. The van der Waals surface area contributed by atoms with E-state index in [0.717, 1.165) is 37.8 Å². The summed E-state index contributed by atoms with van der Waals surface area (Å²) in [6.07, 6.45) is 4.03. The van der Waals surface area contributed by atoms with E-state index in [4.69, 9.17) is 18.9 Å². The van der Waals surface area contributed by atoms with Crippen LogP contribution in [0.25, 0.3) is 0 Å². The number of methoxy groups -OCH3 is 2. The highest BCUT2D eigenvalue weighted by molar-refractivity contribution is 5.39. The molecule has 0 spiro atoms. The van der Waals surface area contributed by atoms with Crippen molar-refractivity contribution in [3.05, 3.63) is 24.3 Å². The number of rotatable bonds is 7. The van der Waals surface area contributed by atoms with Gasteiger partial charge in [0, 0.05) is 32.2 Å². The number of nitrogens with zero attached hydrogens (tertiary/aromatic N) is 1. The summed E-state index contributed by atoms with van der Waals surface area (Å²) in [7, 11) is 3.51. The Hall–Kier alpha value is -1.30. The summed E-state index contributed by atoms with van der Waals surface area (Å²) in [5, 5.41) is 0. The van der Waals surface area contributed by atoms with Crippen LogP contribution in [0.1, 0.15) is 19.3 Å². The molecule has 3 rings (SSSR count). The monoisotopic (exact) mass is 335 g/mol. The topological polar surface area (TPSA) is 40.2 Å². The normalized spacial score (nSPS) is 28.0. The summed E-state index contributed by atoms with van der Waals surface area (Å²) in [4.78, 5) is 2.51. The van der Waals surface area contributed by atoms with Crippen molar-refractivity contribution in [2.45, 2.75) is 31.4 Å². The summed E-state index contributed by atoms with van der Waals surface area (Å²) in [5.74, 6) is 2.16. The van der Waals surface area contributed by atoms with E-state index in [2.05, 4.69) is 4.90 Å². The van der Waals surface area contributed by atoms with E-state index in [9.17, 15) is 0 Å². The third kappa shape index (κ3) is 4.02. The van der Waals surface area contributed by atoms with Crippen LogP contribution in [0, 0.1) is 5.92 Å². The maximum absolute atomic E-state index is 5.96. The van der Waals surface area contributed by atoms with E-state index >= 15 is 0 Å². The minimum Gasteiger partial charge on any atom is -0.493 e. The Kier molecular flexibility index (Phi) is 6.35. The van der Waals surface area contributed by atoms with Gasteiger partial charge in [-0.15, -0.1) is 0 Å². The average molecular weight is 335 g/mol. The minimum atomic E-state index is 0.370. The van der Waals surface area contributed by atoms with Crippen LogP contribution in [-0.4, -0.2) is 64.2 Å². The van der Waals surface area contributed by atoms with Crippen LogP contribution in [0.3, 0.4) is 0 Å². The van der Waals surface area contributed by atoms with E-state index in [1.165, 1.54) is 19.3 Å². The van der Waals surface area contributed by atoms with Crippen molar-refractivity contribution < 1.29 is 18.9 Å². The van der Waals surface area contributed by atoms with E-state index in [-0.39, 0.29) is 0 Å². The van der Waals surface area contributed by atoms with Crippen LogP contribution in [0.15, 0.2) is 24.3 Å². The second-order valence-corrected chi connectivity index (χ2v) is 6.55. The molecule has 3 atom stereocenters. The molecule has 2 aliphatic rings. The molecule has 2 fully saturated rings. The lowest BCUT2D eigenvalue weighted by Crippen LogP contribution is -2.52. The molecule has 5 heteroatoms. The molecule has 0 bridgehead atoms. The maximum Gasteiger partial charge on any atom is 0.161 e. The van der Waals surface area contributed by atoms with E-state index < -0.39 is 0 Å². The molecule has 1 saturated carbocycles. The van der Waals surface area contributed by atoms with Crippen molar-refractivity contribution in [1.82, 2.24) is 4.90 Å². The first-order valence-corrected chi connectivity index (χ1v) is 8.94. The van der Waals surface area contributed by atoms with Gasteiger partial charge < -0.3 is 18.9 Å². The largest absolute Gasteiger partial charge is 0.493 e. The third-order valence-corrected chi connectivity index (χ3v) is 5.29. The molecule has 1 saturated heterocycles. The van der Waals surface area contributed by atoms with Crippen molar-refractivity contribution >= 4 is 0 Å². The molecule has 1 aromatic carbocycles. The lowest BCUT2D eigenvalue weighted by Gasteiger charge is -2.40. The molecule has 1 heterocycles. The van der Waals surface area contributed by atoms with Gasteiger partial charge in [-0.25, -0.2) is 0 Å². The SMILES string of the molecule is COc1ccccc1OCCN1CCOC[C@@H]1[C@H]1CCC[C@@H]1OC. The standard InChI is InChI=1S/C19H29NO4/c1-21-17-9-5-6-15(17)16-14-23-12-10-20(16)11-13-24-19-8-4-3-7-18(19)22-2/h3-4,7-8,15-17H,5-6,9-14H2,1-2H3/t15-,16-,17+/m1/s1. The van der Waals surface area contributed by atoms with Gasteiger partial charge >= 0.3 is 0 Å². The molecular formula is C19H29NO4. The fraction of sp³-hybridized carbons (Fsp3) is 0.684. The molecule has 0 amide bonds. The van der Waals surface area contributed by atoms with E-state index in [0.29, 0.717) is 24.7 Å². The first-order chi connectivity index (χ1) is 11.8. The summed E-state index contributed by atoms with van der Waals surface area (Å²) in [6, 6.07) is 8.24. The lowest BCUT2D eigenvalue weighted by molar-refractivity contribution is -0.0603. The summed E-state index contributed by atoms with van der Waals surface area (Å²) in [5.41, 5.74) is 0. The Balaban J connectivity index is 1.56. The third-order valence-electron chi connectivity index (χ3n) is 5.29. The Morgan fingerprint density at radius 1 is 1.17 bits per heavy atom. The Bertz CT molecular complexity index is 510. The lowest BCUT2D eigenvalue weighted by atomic mass is 9.94. The van der Waals surface area contributed by atoms with Crippen LogP contribution >= 0.6 is 0 Å². The first kappa shape index (κ1) is 17.5. The summed E-state index contributed by atoms with van der Waals surface area (Å²) < 4.78 is 22.8. The van der Waals surface area contributed by atoms with Crippen molar-refractivity contribution in [1.29, 1.82) is 0 Å². The summed E-state index contributed by atoms with van der Waals surface area (Å²) in [6.45, 7) is 4.13. The number of hydrogen-bond acceptors (Lipinski definition) is 5. The van der Waals surface area contributed by atoms with Gasteiger partial charge in [0.2, 0.25) is 0 Å². The van der Waals surface area contributed by atoms with Crippen molar-refractivity contribution in [3.63, 3.8) is 0 Å². The highest BCUT2D eigenvalue weighted by atomic mass is 16.5. The van der Waals surface area contributed by atoms with Gasteiger partial charge in [0.1, 0.15) is 6.61 Å². The van der Waals surface area contributed by atoms with Gasteiger partial charge in [0.05, 0.1) is 26.4 Å². The van der Waals surface area contributed by atoms with Gasteiger partial charge in [-0.3, -0.25) is 4.90 Å². The Labute approximate surface area is 144 Å². The number of hydrogen-bond donors (Lipinski definition) is 0. The fourth-order valence-electron chi connectivity index (χ4n) is 4.03. The minimum absolute atomic E-state index is 0.370. The molecule has 134 valence electrons. The number of morpholine rings is 1. The highest BCUT2D eigenvalue weighted by Gasteiger charge is 2.38. The van der Waals surface area contributed by atoms with Gasteiger partial charge in [0.15, 0.2) is 11.5 Å². The molecule has 0 N–H and O–H groups in total. The van der Waals surface area contributed by atoms with E-state index in [1.807, 2.05) is 31.4 Å². The second kappa shape index (κ2) is 8.70. The molecule has 0 unspecified atom stereocenters. The van der Waals surface area contributed by atoms with Crippen molar-refractivity contribution in [3.8, 4) is 11.5 Å². The summed E-state index contributed by atoms with van der Waals surface area (Å²) >= 11 is 0. The van der Waals surface area contributed by atoms with Gasteiger partial charge in [-0.1, -0.05) is 18.6 Å². The number of benzene rings is 1. The smallest absolute Gasteiger partial charge is 0.161 e. The fourth-order valence-corrected chi connectivity index (χ4v) is 4.03. The quantitative estimate of drug-likeness (QED) is 0.766. The molecular weight excluding hydrogens is 306 g/mol. The molecule has 24 heavy (non-hydrogen) atoms. The zero-order valence-corrected chi connectivity index (χ0v) is 14.8. The van der Waals surface area contributed by atoms with Crippen molar-refractivity contribution in [2.75, 3.05) is 47.1 Å². The molecule has 1 aliphatic carbocycles. The second-order valence-electron chi connectivity index (χ2n) is 6.55. The molecule has 5 nitrogen and oxygen atoms in total. The van der Waals surface area contributed by atoms with Crippen LogP contribution in [-0.2, 0) is 9.47 Å². The van der Waals surface area contributed by atoms with Crippen LogP contribution in [0.2, 0.25) is 0 Å². The predicted molar refractivity (Wildman–Crippen MR) is 92.8 cm³/mol. The Morgan fingerprint density at radius 2 is 2.00 bits per heavy atom. The van der Waals surface area contributed by atoms with E-state index in [1.54, 1.807) is 7.11 Å². The maximum atomic E-state index is 5.96. The first-order valence-electron chi connectivity index (χ1n) is 8.94. The zero-order valence-electron chi connectivity index (χ0n) is 14.8.